The average Bonchev–Trinajstić information content (AvgIpc) is 3.11. The van der Waals surface area contributed by atoms with Crippen molar-refractivity contribution in [2.45, 2.75) is 60.3 Å². The molecule has 1 aliphatic rings. The molecule has 1 aliphatic carbocycles. The standard InChI is InChI=1S/C27H31NO3/c1-6-30-26-19(5)27-23(21-9-7-8-10-24(21)31-27)15-22(26)18(4)14-25(29)28-20-12-11-16(2)17(3)13-20/h11-15H,6-10H2,1-5H3,(H,28,29)/b18-14+. The van der Waals surface area contributed by atoms with Gasteiger partial charge in [0.2, 0.25) is 5.91 Å². The van der Waals surface area contributed by atoms with E-state index in [1.54, 1.807) is 6.08 Å². The molecule has 4 heteroatoms. The smallest absolute Gasteiger partial charge is 0.248 e. The molecule has 0 aliphatic heterocycles. The van der Waals surface area contributed by atoms with Crippen LogP contribution in [0.2, 0.25) is 0 Å². The number of allylic oxidation sites excluding steroid dienone is 1. The molecule has 0 unspecified atom stereocenters. The number of benzene rings is 2. The molecule has 0 radical (unpaired) electrons. The zero-order valence-corrected chi connectivity index (χ0v) is 19.1. The lowest BCUT2D eigenvalue weighted by Gasteiger charge is -2.15. The Balaban J connectivity index is 1.73. The topological polar surface area (TPSA) is 51.5 Å². The molecule has 1 N–H and O–H groups in total. The summed E-state index contributed by atoms with van der Waals surface area (Å²) < 4.78 is 12.3. The maximum Gasteiger partial charge on any atom is 0.248 e. The molecule has 0 atom stereocenters. The van der Waals surface area contributed by atoms with E-state index in [2.05, 4.69) is 18.3 Å². The first-order valence-corrected chi connectivity index (χ1v) is 11.2. The van der Waals surface area contributed by atoms with Crippen LogP contribution in [0.15, 0.2) is 34.8 Å². The third-order valence-electron chi connectivity index (χ3n) is 6.26. The van der Waals surface area contributed by atoms with Gasteiger partial charge in [-0.25, -0.2) is 0 Å². The molecule has 31 heavy (non-hydrogen) atoms. The van der Waals surface area contributed by atoms with Crippen molar-refractivity contribution in [3.05, 3.63) is 63.9 Å². The molecule has 1 aromatic heterocycles. The second-order valence-electron chi connectivity index (χ2n) is 8.51. The molecule has 0 fully saturated rings. The predicted molar refractivity (Wildman–Crippen MR) is 127 cm³/mol. The van der Waals surface area contributed by atoms with Gasteiger partial charge in [0.05, 0.1) is 6.61 Å². The quantitative estimate of drug-likeness (QED) is 0.471. The molecule has 1 amide bonds. The fourth-order valence-corrected chi connectivity index (χ4v) is 4.43. The lowest BCUT2D eigenvalue weighted by molar-refractivity contribution is -0.111. The van der Waals surface area contributed by atoms with Crippen LogP contribution < -0.4 is 10.1 Å². The Morgan fingerprint density at radius 3 is 2.65 bits per heavy atom. The third kappa shape index (κ3) is 4.12. The molecular weight excluding hydrogens is 386 g/mol. The minimum absolute atomic E-state index is 0.143. The minimum atomic E-state index is -0.143. The lowest BCUT2D eigenvalue weighted by Crippen LogP contribution is -2.09. The van der Waals surface area contributed by atoms with E-state index in [0.29, 0.717) is 6.61 Å². The van der Waals surface area contributed by atoms with Gasteiger partial charge in [-0.05, 0) is 88.8 Å². The van der Waals surface area contributed by atoms with Crippen molar-refractivity contribution in [1.29, 1.82) is 0 Å². The average molecular weight is 418 g/mol. The number of hydrogen-bond acceptors (Lipinski definition) is 3. The summed E-state index contributed by atoms with van der Waals surface area (Å²) in [6.07, 6.45) is 6.07. The zero-order valence-electron chi connectivity index (χ0n) is 19.1. The highest BCUT2D eigenvalue weighted by atomic mass is 16.5. The number of rotatable bonds is 5. The highest BCUT2D eigenvalue weighted by Gasteiger charge is 2.23. The highest BCUT2D eigenvalue weighted by molar-refractivity contribution is 6.05. The van der Waals surface area contributed by atoms with Gasteiger partial charge in [-0.1, -0.05) is 6.07 Å². The molecule has 0 bridgehead atoms. The summed E-state index contributed by atoms with van der Waals surface area (Å²) in [4.78, 5) is 12.7. The Kier molecular flexibility index (Phi) is 5.90. The number of furan rings is 1. The lowest BCUT2D eigenvalue weighted by atomic mass is 9.93. The molecular formula is C27H31NO3. The largest absolute Gasteiger partial charge is 0.493 e. The van der Waals surface area contributed by atoms with Crippen molar-refractivity contribution in [2.75, 3.05) is 11.9 Å². The Hall–Kier alpha value is -3.01. The van der Waals surface area contributed by atoms with Gasteiger partial charge in [0.15, 0.2) is 0 Å². The second kappa shape index (κ2) is 8.62. The van der Waals surface area contributed by atoms with Crippen LogP contribution in [0.1, 0.15) is 60.3 Å². The van der Waals surface area contributed by atoms with E-state index in [4.69, 9.17) is 9.15 Å². The van der Waals surface area contributed by atoms with Gasteiger partial charge in [-0.2, -0.15) is 0 Å². The van der Waals surface area contributed by atoms with Crippen LogP contribution in [0, 0.1) is 20.8 Å². The van der Waals surface area contributed by atoms with Gasteiger partial charge >= 0.3 is 0 Å². The maximum atomic E-state index is 12.7. The summed E-state index contributed by atoms with van der Waals surface area (Å²) in [5.41, 5.74) is 8.24. The number of carbonyl (C=O) groups is 1. The molecule has 3 aromatic rings. The van der Waals surface area contributed by atoms with Crippen molar-refractivity contribution >= 4 is 28.1 Å². The Bertz CT molecular complexity index is 1180. The highest BCUT2D eigenvalue weighted by Crippen LogP contribution is 2.41. The van der Waals surface area contributed by atoms with Crippen molar-refractivity contribution in [1.82, 2.24) is 0 Å². The van der Waals surface area contributed by atoms with Crippen LogP contribution in [-0.2, 0) is 17.6 Å². The van der Waals surface area contributed by atoms with Gasteiger partial charge in [-0.15, -0.1) is 0 Å². The first kappa shape index (κ1) is 21.2. The number of amides is 1. The van der Waals surface area contributed by atoms with E-state index < -0.39 is 0 Å². The zero-order chi connectivity index (χ0) is 22.1. The molecule has 0 spiro atoms. The predicted octanol–water partition coefficient (Wildman–Crippen LogP) is 6.68. The van der Waals surface area contributed by atoms with Gasteiger partial charge in [0.25, 0.3) is 0 Å². The summed E-state index contributed by atoms with van der Waals surface area (Å²) in [6.45, 7) is 10.7. The van der Waals surface area contributed by atoms with Crippen molar-refractivity contribution in [2.24, 2.45) is 0 Å². The molecule has 1 heterocycles. The molecule has 4 rings (SSSR count). The van der Waals surface area contributed by atoms with Crippen LogP contribution in [0.5, 0.6) is 5.75 Å². The summed E-state index contributed by atoms with van der Waals surface area (Å²) in [6, 6.07) is 8.10. The monoisotopic (exact) mass is 417 g/mol. The number of hydrogen-bond donors (Lipinski definition) is 1. The van der Waals surface area contributed by atoms with E-state index in [-0.39, 0.29) is 5.91 Å². The van der Waals surface area contributed by atoms with Gasteiger partial charge in [-0.3, -0.25) is 4.79 Å². The van der Waals surface area contributed by atoms with E-state index in [9.17, 15) is 4.79 Å². The fraction of sp³-hybridized carbons (Fsp3) is 0.370. The number of carbonyl (C=O) groups excluding carboxylic acids is 1. The second-order valence-corrected chi connectivity index (χ2v) is 8.51. The third-order valence-corrected chi connectivity index (χ3v) is 6.26. The van der Waals surface area contributed by atoms with E-state index in [1.807, 2.05) is 45.9 Å². The Morgan fingerprint density at radius 2 is 1.90 bits per heavy atom. The Morgan fingerprint density at radius 1 is 1.13 bits per heavy atom. The number of anilines is 1. The normalized spacial score (nSPS) is 13.9. The summed E-state index contributed by atoms with van der Waals surface area (Å²) in [5, 5.41) is 4.14. The minimum Gasteiger partial charge on any atom is -0.493 e. The molecule has 2 aromatic carbocycles. The van der Waals surface area contributed by atoms with Crippen molar-refractivity contribution in [3.8, 4) is 5.75 Å². The van der Waals surface area contributed by atoms with Crippen LogP contribution in [0.3, 0.4) is 0 Å². The summed E-state index contributed by atoms with van der Waals surface area (Å²) >= 11 is 0. The van der Waals surface area contributed by atoms with Gasteiger partial charge in [0.1, 0.15) is 17.1 Å². The maximum absolute atomic E-state index is 12.7. The van der Waals surface area contributed by atoms with E-state index in [1.165, 1.54) is 24.0 Å². The van der Waals surface area contributed by atoms with Crippen LogP contribution in [-0.4, -0.2) is 12.5 Å². The molecule has 162 valence electrons. The first-order chi connectivity index (χ1) is 14.9. The van der Waals surface area contributed by atoms with Crippen molar-refractivity contribution in [3.63, 3.8) is 0 Å². The number of fused-ring (bicyclic) bond motifs is 3. The molecule has 4 nitrogen and oxygen atoms in total. The van der Waals surface area contributed by atoms with Crippen LogP contribution in [0.25, 0.3) is 16.5 Å². The van der Waals surface area contributed by atoms with Gasteiger partial charge in [0, 0.05) is 40.3 Å². The van der Waals surface area contributed by atoms with Crippen LogP contribution in [0.4, 0.5) is 5.69 Å². The number of nitrogens with one attached hydrogen (secondary N) is 1. The number of ether oxygens (including phenoxy) is 1. The fourth-order valence-electron chi connectivity index (χ4n) is 4.43. The molecule has 0 saturated heterocycles. The van der Waals surface area contributed by atoms with E-state index >= 15 is 0 Å². The summed E-state index contributed by atoms with van der Waals surface area (Å²) in [7, 11) is 0. The summed E-state index contributed by atoms with van der Waals surface area (Å²) in [5.74, 6) is 1.77. The van der Waals surface area contributed by atoms with Crippen molar-refractivity contribution < 1.29 is 13.9 Å². The van der Waals surface area contributed by atoms with Crippen LogP contribution >= 0.6 is 0 Å². The van der Waals surface area contributed by atoms with E-state index in [0.717, 1.165) is 63.3 Å². The van der Waals surface area contributed by atoms with Gasteiger partial charge < -0.3 is 14.5 Å². The first-order valence-electron chi connectivity index (χ1n) is 11.2. The molecule has 0 saturated carbocycles. The SMILES string of the molecule is CCOc1c(/C(C)=C/C(=O)Nc2ccc(C)c(C)c2)cc2c3c(oc2c1C)CCCC3. The number of aryl methyl sites for hydroxylation is 5. The Labute approximate surface area is 184 Å².